The molecular weight excluding hydrogens is 434 g/mol. The van der Waals surface area contributed by atoms with Gasteiger partial charge in [0.1, 0.15) is 12.4 Å². The van der Waals surface area contributed by atoms with E-state index in [2.05, 4.69) is 26.0 Å². The standard InChI is InChI=1S/C22H16BrN3O3/c23-17-11-9-15(10-12-17)14-29-20-8-4-1-5-16(20)13-24-26-21(27)18-6-2-3-7-19(18)25-22(26)28/h1-13H,14H2,(H,25,28). The minimum Gasteiger partial charge on any atom is -0.488 e. The molecule has 4 aromatic rings. The average molecular weight is 450 g/mol. The van der Waals surface area contributed by atoms with Crippen LogP contribution in [0.5, 0.6) is 5.75 Å². The van der Waals surface area contributed by atoms with Crippen molar-refractivity contribution in [2.24, 2.45) is 5.10 Å². The molecule has 7 heteroatoms. The van der Waals surface area contributed by atoms with Crippen LogP contribution >= 0.6 is 15.9 Å². The topological polar surface area (TPSA) is 76.5 Å². The number of nitrogens with one attached hydrogen (secondary N) is 1. The second kappa shape index (κ2) is 8.28. The number of ether oxygens (including phenoxy) is 1. The van der Waals surface area contributed by atoms with Gasteiger partial charge in [0.15, 0.2) is 0 Å². The number of H-pyrrole nitrogens is 1. The third-order valence-corrected chi connectivity index (χ3v) is 4.85. The first-order valence-electron chi connectivity index (χ1n) is 8.86. The van der Waals surface area contributed by atoms with Crippen molar-refractivity contribution in [1.29, 1.82) is 0 Å². The molecule has 0 aliphatic rings. The van der Waals surface area contributed by atoms with Crippen LogP contribution in [0, 0.1) is 0 Å². The van der Waals surface area contributed by atoms with E-state index in [0.717, 1.165) is 14.7 Å². The molecule has 4 rings (SSSR count). The molecule has 1 aromatic heterocycles. The van der Waals surface area contributed by atoms with Crippen molar-refractivity contribution in [2.45, 2.75) is 6.61 Å². The molecule has 1 N–H and O–H groups in total. The highest BCUT2D eigenvalue weighted by Gasteiger charge is 2.07. The van der Waals surface area contributed by atoms with Crippen LogP contribution in [0.3, 0.4) is 0 Å². The van der Waals surface area contributed by atoms with E-state index >= 15 is 0 Å². The fourth-order valence-electron chi connectivity index (χ4n) is 2.84. The van der Waals surface area contributed by atoms with Gasteiger partial charge in [0, 0.05) is 10.0 Å². The minimum atomic E-state index is -0.599. The molecule has 0 unspecified atom stereocenters. The first kappa shape index (κ1) is 18.9. The Balaban J connectivity index is 1.63. The Labute approximate surface area is 174 Å². The number of para-hydroxylation sites is 2. The number of halogens is 1. The fourth-order valence-corrected chi connectivity index (χ4v) is 3.10. The Morgan fingerprint density at radius 3 is 2.52 bits per heavy atom. The predicted octanol–water partition coefficient (Wildman–Crippen LogP) is 3.91. The molecule has 6 nitrogen and oxygen atoms in total. The monoisotopic (exact) mass is 449 g/mol. The molecule has 144 valence electrons. The summed E-state index contributed by atoms with van der Waals surface area (Å²) in [7, 11) is 0. The van der Waals surface area contributed by atoms with Crippen LogP contribution in [0.2, 0.25) is 0 Å². The number of fused-ring (bicyclic) bond motifs is 1. The third-order valence-electron chi connectivity index (χ3n) is 4.32. The van der Waals surface area contributed by atoms with E-state index in [1.807, 2.05) is 42.5 Å². The molecule has 0 bridgehead atoms. The molecule has 0 amide bonds. The molecule has 29 heavy (non-hydrogen) atoms. The van der Waals surface area contributed by atoms with Crippen molar-refractivity contribution in [2.75, 3.05) is 0 Å². The maximum atomic E-state index is 12.6. The maximum absolute atomic E-state index is 12.6. The smallest absolute Gasteiger partial charge is 0.349 e. The minimum absolute atomic E-state index is 0.384. The van der Waals surface area contributed by atoms with Gasteiger partial charge >= 0.3 is 5.69 Å². The predicted molar refractivity (Wildman–Crippen MR) is 117 cm³/mol. The average Bonchev–Trinajstić information content (AvgIpc) is 2.74. The van der Waals surface area contributed by atoms with Gasteiger partial charge in [0.2, 0.25) is 0 Å². The summed E-state index contributed by atoms with van der Waals surface area (Å²) in [5.74, 6) is 0.601. The van der Waals surface area contributed by atoms with Gasteiger partial charge < -0.3 is 9.72 Å². The van der Waals surface area contributed by atoms with Crippen LogP contribution in [0.15, 0.2) is 92.0 Å². The van der Waals surface area contributed by atoms with Crippen LogP contribution in [0.4, 0.5) is 0 Å². The lowest BCUT2D eigenvalue weighted by molar-refractivity contribution is 0.306. The van der Waals surface area contributed by atoms with Crippen LogP contribution in [0.1, 0.15) is 11.1 Å². The molecule has 0 atom stereocenters. The SMILES string of the molecule is O=c1[nH]c2ccccc2c(=O)n1N=Cc1ccccc1OCc1ccc(Br)cc1. The summed E-state index contributed by atoms with van der Waals surface area (Å²) in [4.78, 5) is 27.5. The molecule has 0 aliphatic heterocycles. The van der Waals surface area contributed by atoms with Crippen LogP contribution in [0.25, 0.3) is 10.9 Å². The molecule has 0 radical (unpaired) electrons. The van der Waals surface area contributed by atoms with E-state index in [1.165, 1.54) is 6.21 Å². The lowest BCUT2D eigenvalue weighted by atomic mass is 10.2. The first-order chi connectivity index (χ1) is 14.1. The van der Waals surface area contributed by atoms with E-state index in [0.29, 0.717) is 28.8 Å². The van der Waals surface area contributed by atoms with E-state index in [1.54, 1.807) is 30.3 Å². The molecule has 0 saturated heterocycles. The van der Waals surface area contributed by atoms with Gasteiger partial charge in [-0.3, -0.25) is 4.79 Å². The summed E-state index contributed by atoms with van der Waals surface area (Å²) in [6.07, 6.45) is 1.45. The number of hydrogen-bond donors (Lipinski definition) is 1. The number of benzene rings is 3. The molecule has 1 heterocycles. The van der Waals surface area contributed by atoms with Crippen LogP contribution < -0.4 is 16.0 Å². The first-order valence-corrected chi connectivity index (χ1v) is 9.66. The Hall–Kier alpha value is -3.45. The Kier molecular flexibility index (Phi) is 5.39. The normalized spacial score (nSPS) is 11.2. The zero-order valence-corrected chi connectivity index (χ0v) is 16.8. The maximum Gasteiger partial charge on any atom is 0.349 e. The van der Waals surface area contributed by atoms with Gasteiger partial charge in [-0.1, -0.05) is 52.3 Å². The summed E-state index contributed by atoms with van der Waals surface area (Å²) >= 11 is 3.41. The molecule has 0 spiro atoms. The van der Waals surface area contributed by atoms with Gasteiger partial charge in [-0.05, 0) is 42.0 Å². The molecule has 0 saturated carbocycles. The second-order valence-electron chi connectivity index (χ2n) is 6.29. The lowest BCUT2D eigenvalue weighted by Crippen LogP contribution is -2.32. The zero-order chi connectivity index (χ0) is 20.2. The number of hydrogen-bond acceptors (Lipinski definition) is 4. The van der Waals surface area contributed by atoms with Crippen molar-refractivity contribution >= 4 is 33.0 Å². The van der Waals surface area contributed by atoms with Gasteiger partial charge in [-0.2, -0.15) is 5.10 Å². The summed E-state index contributed by atoms with van der Waals surface area (Å²) < 4.78 is 7.72. The summed E-state index contributed by atoms with van der Waals surface area (Å²) in [5, 5.41) is 4.49. The van der Waals surface area contributed by atoms with Gasteiger partial charge in [0.25, 0.3) is 5.56 Å². The van der Waals surface area contributed by atoms with Crippen molar-refractivity contribution in [3.8, 4) is 5.75 Å². The molecule has 0 fully saturated rings. The largest absolute Gasteiger partial charge is 0.488 e. The lowest BCUT2D eigenvalue weighted by Gasteiger charge is -2.09. The zero-order valence-electron chi connectivity index (χ0n) is 15.2. The van der Waals surface area contributed by atoms with E-state index in [-0.39, 0.29) is 0 Å². The highest BCUT2D eigenvalue weighted by molar-refractivity contribution is 9.10. The number of aromatic amines is 1. The van der Waals surface area contributed by atoms with Crippen molar-refractivity contribution in [1.82, 2.24) is 9.66 Å². The van der Waals surface area contributed by atoms with Crippen molar-refractivity contribution < 1.29 is 4.74 Å². The number of aromatic nitrogens is 2. The van der Waals surface area contributed by atoms with E-state index in [4.69, 9.17) is 4.74 Å². The summed E-state index contributed by atoms with van der Waals surface area (Å²) in [6, 6.07) is 22.0. The van der Waals surface area contributed by atoms with Crippen molar-refractivity contribution in [3.05, 3.63) is 109 Å². The Bertz CT molecular complexity index is 1310. The molecule has 3 aromatic carbocycles. The molecular formula is C22H16BrN3O3. The van der Waals surface area contributed by atoms with Gasteiger partial charge in [0.05, 0.1) is 17.1 Å². The highest BCUT2D eigenvalue weighted by atomic mass is 79.9. The fraction of sp³-hybridized carbons (Fsp3) is 0.0455. The van der Waals surface area contributed by atoms with Gasteiger partial charge in [-0.25, -0.2) is 4.79 Å². The number of rotatable bonds is 5. The quantitative estimate of drug-likeness (QED) is 0.469. The summed E-state index contributed by atoms with van der Waals surface area (Å²) in [5.41, 5.74) is 1.07. The van der Waals surface area contributed by atoms with Crippen LogP contribution in [-0.4, -0.2) is 15.9 Å². The van der Waals surface area contributed by atoms with Crippen molar-refractivity contribution in [3.63, 3.8) is 0 Å². The summed E-state index contributed by atoms with van der Waals surface area (Å²) in [6.45, 7) is 0.384. The second-order valence-corrected chi connectivity index (χ2v) is 7.21. The van der Waals surface area contributed by atoms with Gasteiger partial charge in [-0.15, -0.1) is 4.68 Å². The van der Waals surface area contributed by atoms with E-state index in [9.17, 15) is 9.59 Å². The Morgan fingerprint density at radius 2 is 1.69 bits per heavy atom. The Morgan fingerprint density at radius 1 is 0.966 bits per heavy atom. The molecule has 0 aliphatic carbocycles. The van der Waals surface area contributed by atoms with Crippen LogP contribution in [-0.2, 0) is 6.61 Å². The third kappa shape index (κ3) is 4.20. The van der Waals surface area contributed by atoms with E-state index < -0.39 is 11.2 Å². The highest BCUT2D eigenvalue weighted by Crippen LogP contribution is 2.18. The number of nitrogens with zero attached hydrogens (tertiary/aromatic N) is 2.